The number of halogens is 3. The molecular weight excluding hydrogens is 308 g/mol. The lowest BCUT2D eigenvalue weighted by Crippen LogP contribution is -2.12. The third-order valence-corrected chi connectivity index (χ3v) is 3.05. The Morgan fingerprint density at radius 3 is 2.35 bits per heavy atom. The summed E-state index contributed by atoms with van der Waals surface area (Å²) in [6.07, 6.45) is 0. The lowest BCUT2D eigenvalue weighted by atomic mass is 10.1. The average molecular weight is 316 g/mol. The van der Waals surface area contributed by atoms with Crippen molar-refractivity contribution >= 4 is 34.8 Å². The van der Waals surface area contributed by atoms with Gasteiger partial charge in [-0.15, -0.1) is 0 Å². The zero-order valence-corrected chi connectivity index (χ0v) is 11.3. The van der Waals surface area contributed by atoms with Crippen LogP contribution in [-0.2, 0) is 0 Å². The Morgan fingerprint density at radius 2 is 1.75 bits per heavy atom. The molecule has 0 aliphatic heterocycles. The van der Waals surface area contributed by atoms with Crippen LogP contribution in [0.4, 0.5) is 10.1 Å². The van der Waals surface area contributed by atoms with E-state index in [4.69, 9.17) is 23.2 Å². The van der Waals surface area contributed by atoms with Gasteiger partial charge in [0.1, 0.15) is 0 Å². The van der Waals surface area contributed by atoms with E-state index in [0.717, 1.165) is 0 Å². The summed E-state index contributed by atoms with van der Waals surface area (Å²) < 4.78 is 13.2. The maximum Gasteiger partial charge on any atom is 0.259 e. The van der Waals surface area contributed by atoms with Crippen LogP contribution in [0.1, 0.15) is 10.4 Å². The van der Waals surface area contributed by atoms with E-state index in [1.165, 1.54) is 30.3 Å². The van der Waals surface area contributed by atoms with E-state index in [-0.39, 0.29) is 21.3 Å². The molecule has 0 spiro atoms. The maximum absolute atomic E-state index is 13.2. The van der Waals surface area contributed by atoms with Crippen LogP contribution in [0, 0.1) is 5.82 Å². The lowest BCUT2D eigenvalue weighted by molar-refractivity contribution is 0.102. The molecule has 0 aliphatic carbocycles. The second-order valence-corrected chi connectivity index (χ2v) is 4.70. The summed E-state index contributed by atoms with van der Waals surface area (Å²) in [6.45, 7) is 0. The van der Waals surface area contributed by atoms with Gasteiger partial charge in [0.05, 0.1) is 15.6 Å². The highest BCUT2D eigenvalue weighted by Crippen LogP contribution is 2.30. The van der Waals surface area contributed by atoms with Crippen molar-refractivity contribution in [1.82, 2.24) is 0 Å². The van der Waals surface area contributed by atoms with Gasteiger partial charge in [-0.05, 0) is 24.3 Å². The number of phenolic OH excluding ortho intramolecular Hbond substituents is 2. The number of phenols is 2. The molecule has 0 radical (unpaired) electrons. The summed E-state index contributed by atoms with van der Waals surface area (Å²) in [5.74, 6) is -2.46. The summed E-state index contributed by atoms with van der Waals surface area (Å²) in [5.41, 5.74) is 0.0238. The van der Waals surface area contributed by atoms with Crippen molar-refractivity contribution < 1.29 is 19.4 Å². The van der Waals surface area contributed by atoms with Crippen LogP contribution < -0.4 is 5.32 Å². The molecular formula is C13H8Cl2FNO3. The summed E-state index contributed by atoms with van der Waals surface area (Å²) in [6, 6.07) is 6.31. The van der Waals surface area contributed by atoms with Crippen molar-refractivity contribution in [3.8, 4) is 11.5 Å². The third-order valence-electron chi connectivity index (χ3n) is 2.50. The van der Waals surface area contributed by atoms with Gasteiger partial charge in [-0.25, -0.2) is 4.39 Å². The molecule has 0 saturated carbocycles. The SMILES string of the molecule is O=C(Nc1cc(Cl)c(F)c(Cl)c1)c1cccc(O)c1O. The van der Waals surface area contributed by atoms with Crippen LogP contribution in [0.3, 0.4) is 0 Å². The molecule has 0 fully saturated rings. The van der Waals surface area contributed by atoms with Crippen LogP contribution in [-0.4, -0.2) is 16.1 Å². The number of benzene rings is 2. The molecule has 3 N–H and O–H groups in total. The second-order valence-electron chi connectivity index (χ2n) is 3.88. The van der Waals surface area contributed by atoms with Gasteiger partial charge in [0.2, 0.25) is 0 Å². The molecule has 2 rings (SSSR count). The second kappa shape index (κ2) is 5.56. The topological polar surface area (TPSA) is 69.6 Å². The highest BCUT2D eigenvalue weighted by atomic mass is 35.5. The predicted molar refractivity (Wildman–Crippen MR) is 74.1 cm³/mol. The number of rotatable bonds is 2. The van der Waals surface area contributed by atoms with Gasteiger partial charge in [0.15, 0.2) is 17.3 Å². The minimum atomic E-state index is -0.786. The largest absolute Gasteiger partial charge is 0.504 e. The monoisotopic (exact) mass is 315 g/mol. The van der Waals surface area contributed by atoms with Crippen LogP contribution >= 0.6 is 23.2 Å². The molecule has 1 amide bonds. The van der Waals surface area contributed by atoms with Gasteiger partial charge in [0, 0.05) is 5.69 Å². The number of nitrogens with one attached hydrogen (secondary N) is 1. The molecule has 2 aromatic rings. The zero-order chi connectivity index (χ0) is 14.9. The first-order valence-electron chi connectivity index (χ1n) is 5.37. The lowest BCUT2D eigenvalue weighted by Gasteiger charge is -2.09. The number of carbonyl (C=O) groups excluding carboxylic acids is 1. The van der Waals surface area contributed by atoms with E-state index < -0.39 is 23.2 Å². The van der Waals surface area contributed by atoms with Crippen molar-refractivity contribution in [3.05, 3.63) is 51.8 Å². The fourth-order valence-corrected chi connectivity index (χ4v) is 2.03. The van der Waals surface area contributed by atoms with Crippen molar-refractivity contribution in [3.63, 3.8) is 0 Å². The number of amides is 1. The van der Waals surface area contributed by atoms with Gasteiger partial charge >= 0.3 is 0 Å². The number of para-hydroxylation sites is 1. The molecule has 0 aromatic heterocycles. The molecule has 0 unspecified atom stereocenters. The Hall–Kier alpha value is -1.98. The first-order chi connectivity index (χ1) is 9.40. The minimum Gasteiger partial charge on any atom is -0.504 e. The van der Waals surface area contributed by atoms with Crippen molar-refractivity contribution in [2.24, 2.45) is 0 Å². The average Bonchev–Trinajstić information content (AvgIpc) is 2.39. The molecule has 104 valence electrons. The third kappa shape index (κ3) is 2.79. The number of hydrogen-bond acceptors (Lipinski definition) is 3. The summed E-state index contributed by atoms with van der Waals surface area (Å²) in [5, 5.41) is 20.8. The summed E-state index contributed by atoms with van der Waals surface area (Å²) in [7, 11) is 0. The predicted octanol–water partition coefficient (Wildman–Crippen LogP) is 3.80. The molecule has 0 heterocycles. The fourth-order valence-electron chi connectivity index (χ4n) is 1.54. The van der Waals surface area contributed by atoms with Gasteiger partial charge in [-0.3, -0.25) is 4.79 Å². The van der Waals surface area contributed by atoms with Crippen molar-refractivity contribution in [2.45, 2.75) is 0 Å². The summed E-state index contributed by atoms with van der Waals surface area (Å²) >= 11 is 11.2. The zero-order valence-electron chi connectivity index (χ0n) is 9.82. The molecule has 7 heteroatoms. The minimum absolute atomic E-state index is 0.137. The highest BCUT2D eigenvalue weighted by molar-refractivity contribution is 6.35. The van der Waals surface area contributed by atoms with E-state index in [2.05, 4.69) is 5.32 Å². The van der Waals surface area contributed by atoms with Gasteiger partial charge in [0.25, 0.3) is 5.91 Å². The Labute approximate surface area is 123 Å². The van der Waals surface area contributed by atoms with E-state index in [1.807, 2.05) is 0 Å². The van der Waals surface area contributed by atoms with Crippen LogP contribution in [0.5, 0.6) is 11.5 Å². The number of carbonyl (C=O) groups is 1. The molecule has 4 nitrogen and oxygen atoms in total. The van der Waals surface area contributed by atoms with Crippen molar-refractivity contribution in [2.75, 3.05) is 5.32 Å². The first kappa shape index (κ1) is 14.4. The first-order valence-corrected chi connectivity index (χ1v) is 6.12. The molecule has 0 saturated heterocycles. The van der Waals surface area contributed by atoms with Crippen LogP contribution in [0.15, 0.2) is 30.3 Å². The van der Waals surface area contributed by atoms with Gasteiger partial charge in [-0.2, -0.15) is 0 Å². The van der Waals surface area contributed by atoms with E-state index in [1.54, 1.807) is 0 Å². The standard InChI is InChI=1S/C13H8Cl2FNO3/c14-8-4-6(5-9(15)11(8)16)17-13(20)7-2-1-3-10(18)12(7)19/h1-5,18-19H,(H,17,20). The quantitative estimate of drug-likeness (QED) is 0.583. The normalized spacial score (nSPS) is 10.3. The van der Waals surface area contributed by atoms with Gasteiger partial charge < -0.3 is 15.5 Å². The number of hydrogen-bond donors (Lipinski definition) is 3. The van der Waals surface area contributed by atoms with Crippen LogP contribution in [0.2, 0.25) is 10.0 Å². The van der Waals surface area contributed by atoms with E-state index in [0.29, 0.717) is 0 Å². The Bertz CT molecular complexity index is 668. The Morgan fingerprint density at radius 1 is 1.15 bits per heavy atom. The maximum atomic E-state index is 13.2. The van der Waals surface area contributed by atoms with E-state index in [9.17, 15) is 19.4 Å². The molecule has 0 bridgehead atoms. The fraction of sp³-hybridized carbons (Fsp3) is 0. The van der Waals surface area contributed by atoms with Crippen molar-refractivity contribution in [1.29, 1.82) is 0 Å². The number of aromatic hydroxyl groups is 2. The summed E-state index contributed by atoms with van der Waals surface area (Å²) in [4.78, 5) is 11.9. The molecule has 2 aromatic carbocycles. The highest BCUT2D eigenvalue weighted by Gasteiger charge is 2.15. The smallest absolute Gasteiger partial charge is 0.259 e. The van der Waals surface area contributed by atoms with Gasteiger partial charge in [-0.1, -0.05) is 29.3 Å². The Kier molecular flexibility index (Phi) is 4.01. The van der Waals surface area contributed by atoms with E-state index >= 15 is 0 Å². The molecule has 0 aliphatic rings. The Balaban J connectivity index is 2.30. The molecule has 20 heavy (non-hydrogen) atoms. The molecule has 0 atom stereocenters. The number of anilines is 1. The van der Waals surface area contributed by atoms with Crippen LogP contribution in [0.25, 0.3) is 0 Å².